The van der Waals surface area contributed by atoms with Crippen LogP contribution in [0.2, 0.25) is 10.0 Å². The summed E-state index contributed by atoms with van der Waals surface area (Å²) in [6, 6.07) is 10.7. The Kier molecular flexibility index (Phi) is 9.06. The van der Waals surface area contributed by atoms with Crippen LogP contribution < -0.4 is 14.8 Å². The van der Waals surface area contributed by atoms with E-state index in [9.17, 15) is 4.79 Å². The van der Waals surface area contributed by atoms with Gasteiger partial charge < -0.3 is 19.6 Å². The average Bonchev–Trinajstić information content (AvgIpc) is 2.81. The molecule has 1 fully saturated rings. The van der Waals surface area contributed by atoms with Gasteiger partial charge in [0.15, 0.2) is 11.5 Å². The molecule has 1 amide bonds. The molecule has 8 heteroatoms. The zero-order valence-corrected chi connectivity index (χ0v) is 19.8. The van der Waals surface area contributed by atoms with Crippen molar-refractivity contribution in [2.24, 2.45) is 11.1 Å². The molecule has 2 aromatic rings. The predicted octanol–water partition coefficient (Wildman–Crippen LogP) is 5.63. The lowest BCUT2D eigenvalue weighted by molar-refractivity contribution is -0.114. The number of oxime groups is 1. The lowest BCUT2D eigenvalue weighted by Crippen LogP contribution is -2.29. The van der Waals surface area contributed by atoms with E-state index in [1.807, 2.05) is 18.2 Å². The molecule has 1 N–H and O–H groups in total. The SMILES string of the molecule is CNC(=O)C(=NOC)c1ccccc1COc1cc(Cl)c(OCC2CCCCC2)c(Cl)c1. The first kappa shape index (κ1) is 24.2. The number of hydrogen-bond donors (Lipinski definition) is 1. The van der Waals surface area contributed by atoms with E-state index in [1.54, 1.807) is 18.2 Å². The summed E-state index contributed by atoms with van der Waals surface area (Å²) in [6.07, 6.45) is 6.16. The Morgan fingerprint density at radius 2 is 1.78 bits per heavy atom. The van der Waals surface area contributed by atoms with Crippen molar-refractivity contribution in [1.29, 1.82) is 0 Å². The number of hydrogen-bond acceptors (Lipinski definition) is 5. The van der Waals surface area contributed by atoms with Crippen LogP contribution in [-0.2, 0) is 16.2 Å². The Morgan fingerprint density at radius 1 is 1.09 bits per heavy atom. The molecule has 0 atom stereocenters. The summed E-state index contributed by atoms with van der Waals surface area (Å²) < 4.78 is 11.9. The molecule has 1 saturated carbocycles. The second kappa shape index (κ2) is 12.0. The number of amides is 1. The molecule has 0 saturated heterocycles. The van der Waals surface area contributed by atoms with Gasteiger partial charge in [-0.3, -0.25) is 4.79 Å². The molecule has 1 aliphatic rings. The highest BCUT2D eigenvalue weighted by Gasteiger charge is 2.19. The summed E-state index contributed by atoms with van der Waals surface area (Å²) in [7, 11) is 2.93. The van der Waals surface area contributed by atoms with Crippen molar-refractivity contribution in [3.05, 3.63) is 57.6 Å². The number of halogens is 2. The van der Waals surface area contributed by atoms with Crippen LogP contribution in [0, 0.1) is 5.92 Å². The number of carbonyl (C=O) groups excluding carboxylic acids is 1. The van der Waals surface area contributed by atoms with Gasteiger partial charge in [0.05, 0.1) is 16.7 Å². The second-order valence-electron chi connectivity index (χ2n) is 7.68. The molecule has 3 rings (SSSR count). The van der Waals surface area contributed by atoms with Gasteiger partial charge in [-0.1, -0.05) is 71.9 Å². The van der Waals surface area contributed by atoms with Gasteiger partial charge in [-0.2, -0.15) is 0 Å². The monoisotopic (exact) mass is 478 g/mol. The van der Waals surface area contributed by atoms with E-state index in [-0.39, 0.29) is 18.2 Å². The largest absolute Gasteiger partial charge is 0.490 e. The van der Waals surface area contributed by atoms with Crippen LogP contribution in [0.5, 0.6) is 11.5 Å². The molecule has 0 bridgehead atoms. The van der Waals surface area contributed by atoms with Gasteiger partial charge in [0.25, 0.3) is 5.91 Å². The van der Waals surface area contributed by atoms with E-state index < -0.39 is 0 Å². The second-order valence-corrected chi connectivity index (χ2v) is 8.49. The smallest absolute Gasteiger partial charge is 0.273 e. The minimum Gasteiger partial charge on any atom is -0.490 e. The van der Waals surface area contributed by atoms with Crippen LogP contribution in [0.15, 0.2) is 41.6 Å². The number of benzene rings is 2. The molecule has 172 valence electrons. The Labute approximate surface area is 198 Å². The summed E-state index contributed by atoms with van der Waals surface area (Å²) in [5.74, 6) is 1.18. The maximum atomic E-state index is 12.2. The van der Waals surface area contributed by atoms with Gasteiger partial charge in [-0.05, 0) is 24.3 Å². The Hall–Kier alpha value is -2.44. The molecule has 0 unspecified atom stereocenters. The number of nitrogens with one attached hydrogen (secondary N) is 1. The Bertz CT molecular complexity index is 936. The molecular formula is C24H28Cl2N2O4. The van der Waals surface area contributed by atoms with Crippen molar-refractivity contribution in [2.45, 2.75) is 38.7 Å². The highest BCUT2D eigenvalue weighted by Crippen LogP contribution is 2.38. The lowest BCUT2D eigenvalue weighted by atomic mass is 9.90. The summed E-state index contributed by atoms with van der Waals surface area (Å²) >= 11 is 12.9. The van der Waals surface area contributed by atoms with Gasteiger partial charge >= 0.3 is 0 Å². The fraction of sp³-hybridized carbons (Fsp3) is 0.417. The van der Waals surface area contributed by atoms with Crippen LogP contribution in [0.3, 0.4) is 0 Å². The number of rotatable bonds is 9. The summed E-state index contributed by atoms with van der Waals surface area (Å²) in [4.78, 5) is 17.1. The summed E-state index contributed by atoms with van der Waals surface area (Å²) in [6.45, 7) is 0.805. The first-order chi connectivity index (χ1) is 15.5. The molecule has 1 aliphatic carbocycles. The minimum atomic E-state index is -0.357. The maximum Gasteiger partial charge on any atom is 0.273 e. The van der Waals surface area contributed by atoms with Gasteiger partial charge in [0.2, 0.25) is 0 Å². The lowest BCUT2D eigenvalue weighted by Gasteiger charge is -2.22. The zero-order valence-electron chi connectivity index (χ0n) is 18.3. The number of ether oxygens (including phenoxy) is 2. The van der Waals surface area contributed by atoms with Crippen LogP contribution in [0.4, 0.5) is 0 Å². The highest BCUT2D eigenvalue weighted by atomic mass is 35.5. The van der Waals surface area contributed by atoms with Crippen LogP contribution in [0.25, 0.3) is 0 Å². The first-order valence-electron chi connectivity index (χ1n) is 10.7. The molecule has 0 heterocycles. The van der Waals surface area contributed by atoms with E-state index >= 15 is 0 Å². The first-order valence-corrected chi connectivity index (χ1v) is 11.4. The topological polar surface area (TPSA) is 69.2 Å². The fourth-order valence-corrected chi connectivity index (χ4v) is 4.35. The number of carbonyl (C=O) groups is 1. The molecule has 0 spiro atoms. The van der Waals surface area contributed by atoms with Crippen molar-refractivity contribution in [3.63, 3.8) is 0 Å². The van der Waals surface area contributed by atoms with Crippen LogP contribution in [-0.4, -0.2) is 32.4 Å². The average molecular weight is 479 g/mol. The normalized spacial score (nSPS) is 14.7. The van der Waals surface area contributed by atoms with Crippen molar-refractivity contribution in [3.8, 4) is 11.5 Å². The molecule has 2 aromatic carbocycles. The Balaban J connectivity index is 1.71. The molecule has 0 radical (unpaired) electrons. The van der Waals surface area contributed by atoms with Gasteiger partial charge in [0.1, 0.15) is 19.5 Å². The third kappa shape index (κ3) is 6.30. The minimum absolute atomic E-state index is 0.164. The summed E-state index contributed by atoms with van der Waals surface area (Å²) in [5.41, 5.74) is 1.53. The standard InChI is InChI=1S/C24H28Cl2N2O4/c1-27-24(29)22(28-30-2)19-11-7-6-10-17(19)15-31-18-12-20(25)23(21(26)13-18)32-14-16-8-4-3-5-9-16/h6-7,10-13,16H,3-5,8-9,14-15H2,1-2H3,(H,27,29). The van der Waals surface area contributed by atoms with Gasteiger partial charge in [0, 0.05) is 24.7 Å². The van der Waals surface area contributed by atoms with E-state index in [0.717, 1.165) is 5.56 Å². The van der Waals surface area contributed by atoms with Crippen molar-refractivity contribution >= 4 is 34.8 Å². The summed E-state index contributed by atoms with van der Waals surface area (Å²) in [5, 5.41) is 7.25. The molecular weight excluding hydrogens is 451 g/mol. The quantitative estimate of drug-likeness (QED) is 0.374. The fourth-order valence-electron chi connectivity index (χ4n) is 3.77. The van der Waals surface area contributed by atoms with Gasteiger partial charge in [-0.15, -0.1) is 0 Å². The number of likely N-dealkylation sites (N-methyl/N-ethyl adjacent to an activating group) is 1. The van der Waals surface area contributed by atoms with E-state index in [0.29, 0.717) is 39.6 Å². The van der Waals surface area contributed by atoms with Crippen molar-refractivity contribution in [1.82, 2.24) is 5.32 Å². The highest BCUT2D eigenvalue weighted by molar-refractivity contribution is 6.45. The molecule has 6 nitrogen and oxygen atoms in total. The maximum absolute atomic E-state index is 12.2. The zero-order chi connectivity index (χ0) is 22.9. The molecule has 0 aliphatic heterocycles. The van der Waals surface area contributed by atoms with Crippen LogP contribution in [0.1, 0.15) is 43.2 Å². The van der Waals surface area contributed by atoms with Crippen LogP contribution >= 0.6 is 23.2 Å². The van der Waals surface area contributed by atoms with E-state index in [1.165, 1.54) is 46.3 Å². The van der Waals surface area contributed by atoms with Gasteiger partial charge in [-0.25, -0.2) is 0 Å². The molecule has 0 aromatic heterocycles. The third-order valence-corrected chi connectivity index (χ3v) is 6.01. The molecule has 32 heavy (non-hydrogen) atoms. The van der Waals surface area contributed by atoms with E-state index in [4.69, 9.17) is 37.5 Å². The predicted molar refractivity (Wildman–Crippen MR) is 127 cm³/mol. The number of nitrogens with zero attached hydrogens (tertiary/aromatic N) is 1. The van der Waals surface area contributed by atoms with Crippen molar-refractivity contribution in [2.75, 3.05) is 20.8 Å². The van der Waals surface area contributed by atoms with Crippen molar-refractivity contribution < 1.29 is 19.1 Å². The van der Waals surface area contributed by atoms with E-state index in [2.05, 4.69) is 10.5 Å². The Morgan fingerprint density at radius 3 is 2.44 bits per heavy atom. The third-order valence-electron chi connectivity index (χ3n) is 5.45.